The number of aromatic hydroxyl groups is 1. The van der Waals surface area contributed by atoms with E-state index in [-0.39, 0.29) is 23.0 Å². The van der Waals surface area contributed by atoms with Crippen LogP contribution in [0.5, 0.6) is 5.88 Å². The molecule has 4 N–H and O–H groups in total. The first-order valence-electron chi connectivity index (χ1n) is 13.2. The van der Waals surface area contributed by atoms with Crippen molar-refractivity contribution in [2.75, 3.05) is 5.73 Å². The van der Waals surface area contributed by atoms with Crippen LogP contribution in [0.4, 0.5) is 5.69 Å². The van der Waals surface area contributed by atoms with Gasteiger partial charge in [0.2, 0.25) is 15.7 Å². The number of hydrogen-bond donors (Lipinski definition) is 3. The molecule has 1 atom stereocenters. The van der Waals surface area contributed by atoms with E-state index in [2.05, 4.69) is 10.3 Å². The zero-order valence-corrected chi connectivity index (χ0v) is 23.5. The molecule has 0 bridgehead atoms. The van der Waals surface area contributed by atoms with Gasteiger partial charge < -0.3 is 16.2 Å². The average Bonchev–Trinajstić information content (AvgIpc) is 3.34. The van der Waals surface area contributed by atoms with Crippen molar-refractivity contribution in [3.05, 3.63) is 112 Å². The molecule has 0 radical (unpaired) electrons. The molecule has 2 heterocycles. The molecular weight excluding hydrogens is 540 g/mol. The number of carbonyl (C=O) groups excluding carboxylic acids is 1. The van der Waals surface area contributed by atoms with Crippen LogP contribution in [0.2, 0.25) is 0 Å². The maximum Gasteiger partial charge on any atom is 0.296 e. The topological polar surface area (TPSA) is 144 Å². The first-order chi connectivity index (χ1) is 19.7. The molecule has 0 unspecified atom stereocenters. The number of aromatic nitrogens is 2. The average molecular weight is 571 g/mol. The zero-order chi connectivity index (χ0) is 29.3. The van der Waals surface area contributed by atoms with Crippen LogP contribution in [0, 0.1) is 0 Å². The number of amides is 1. The Balaban J connectivity index is 1.63. The van der Waals surface area contributed by atoms with Gasteiger partial charge in [-0.1, -0.05) is 61.5 Å². The summed E-state index contributed by atoms with van der Waals surface area (Å²) in [6, 6.07) is 17.9. The molecule has 1 aliphatic rings. The van der Waals surface area contributed by atoms with Gasteiger partial charge in [-0.15, -0.1) is 0 Å². The lowest BCUT2D eigenvalue weighted by molar-refractivity contribution is 0.0966. The van der Waals surface area contributed by atoms with Crippen molar-refractivity contribution < 1.29 is 18.3 Å². The fraction of sp³-hybridized carbons (Fsp3) is 0.194. The van der Waals surface area contributed by atoms with E-state index in [1.807, 2.05) is 32.0 Å². The molecule has 9 nitrogen and oxygen atoms in total. The molecule has 0 aliphatic carbocycles. The highest BCUT2D eigenvalue weighted by atomic mass is 32.2. The Kier molecular flexibility index (Phi) is 7.51. The Morgan fingerprint density at radius 2 is 1.83 bits per heavy atom. The molecule has 1 aliphatic heterocycles. The van der Waals surface area contributed by atoms with Crippen LogP contribution < -0.4 is 16.6 Å². The Morgan fingerprint density at radius 3 is 2.51 bits per heavy atom. The second-order valence-electron chi connectivity index (χ2n) is 9.77. The fourth-order valence-corrected chi connectivity index (χ4v) is 6.61. The summed E-state index contributed by atoms with van der Waals surface area (Å²) < 4.78 is 29.1. The lowest BCUT2D eigenvalue weighted by Gasteiger charge is -2.25. The summed E-state index contributed by atoms with van der Waals surface area (Å²) >= 11 is 0. The summed E-state index contributed by atoms with van der Waals surface area (Å²) in [5.74, 6) is -0.640. The predicted molar refractivity (Wildman–Crippen MR) is 156 cm³/mol. The number of hydrogen-bond acceptors (Lipinski definition) is 7. The Bertz CT molecular complexity index is 1840. The van der Waals surface area contributed by atoms with E-state index >= 15 is 0 Å². The number of nitrogens with zero attached hydrogens (tertiary/aromatic N) is 2. The molecule has 0 saturated heterocycles. The van der Waals surface area contributed by atoms with Crippen molar-refractivity contribution in [3.8, 4) is 17.0 Å². The largest absolute Gasteiger partial charge is 0.493 e. The minimum atomic E-state index is -4.48. The number of nitrogens with two attached hydrogens (primary N) is 1. The van der Waals surface area contributed by atoms with Crippen LogP contribution in [0.3, 0.4) is 0 Å². The van der Waals surface area contributed by atoms with Crippen LogP contribution in [-0.2, 0) is 22.8 Å². The molecule has 4 aromatic rings. The molecule has 0 fully saturated rings. The van der Waals surface area contributed by atoms with Crippen molar-refractivity contribution in [3.63, 3.8) is 0 Å². The fourth-order valence-electron chi connectivity index (χ4n) is 5.26. The Morgan fingerprint density at radius 1 is 1.10 bits per heavy atom. The number of anilines is 1. The standard InChI is InChI=1S/C31H30N4O5S/c1-3-5-12-26-34-30(37)28(31(38)35(26)25(4-2)20-8-6-10-22(32)17-20)41(39,40)23-15-13-19(14-16-23)24-11-7-9-21-18-33-29(36)27(21)24/h3,5-11,13-17,25,38H,4,12,18,32H2,1-2H3,(H,33,36)/b5-3+/t25-/m0/s1. The number of fused-ring (bicyclic) bond motifs is 1. The molecule has 5 rings (SSSR count). The van der Waals surface area contributed by atoms with Crippen LogP contribution in [0.25, 0.3) is 11.1 Å². The smallest absolute Gasteiger partial charge is 0.296 e. The molecule has 1 aromatic heterocycles. The minimum absolute atomic E-state index is 0.183. The van der Waals surface area contributed by atoms with E-state index in [1.54, 1.807) is 48.6 Å². The lowest BCUT2D eigenvalue weighted by atomic mass is 9.97. The number of rotatable bonds is 8. The number of nitrogen functional groups attached to an aromatic ring is 1. The second kappa shape index (κ2) is 11.1. The van der Waals surface area contributed by atoms with Gasteiger partial charge in [0, 0.05) is 18.7 Å². The van der Waals surface area contributed by atoms with Gasteiger partial charge in [0.15, 0.2) is 4.90 Å². The van der Waals surface area contributed by atoms with E-state index in [1.165, 1.54) is 16.7 Å². The summed E-state index contributed by atoms with van der Waals surface area (Å²) in [5, 5.41) is 14.3. The molecule has 0 spiro atoms. The van der Waals surface area contributed by atoms with Gasteiger partial charge in [-0.3, -0.25) is 14.2 Å². The Labute approximate surface area is 237 Å². The number of carbonyl (C=O) groups is 1. The van der Waals surface area contributed by atoms with Gasteiger partial charge in [0.05, 0.1) is 16.5 Å². The zero-order valence-electron chi connectivity index (χ0n) is 22.7. The van der Waals surface area contributed by atoms with Gasteiger partial charge in [0.1, 0.15) is 5.82 Å². The summed E-state index contributed by atoms with van der Waals surface area (Å²) in [5.41, 5.74) is 8.96. The van der Waals surface area contributed by atoms with Crippen molar-refractivity contribution in [2.45, 2.75) is 49.1 Å². The first-order valence-corrected chi connectivity index (χ1v) is 14.7. The highest BCUT2D eigenvalue weighted by Crippen LogP contribution is 2.35. The van der Waals surface area contributed by atoms with Crippen molar-refractivity contribution in [1.29, 1.82) is 0 Å². The summed E-state index contributed by atoms with van der Waals surface area (Å²) in [6.45, 7) is 4.14. The third-order valence-electron chi connectivity index (χ3n) is 7.23. The quantitative estimate of drug-likeness (QED) is 0.210. The van der Waals surface area contributed by atoms with Crippen LogP contribution >= 0.6 is 0 Å². The van der Waals surface area contributed by atoms with Gasteiger partial charge in [-0.2, -0.15) is 4.98 Å². The SMILES string of the molecule is C/C=C/Cc1nc(=O)c(S(=O)(=O)c2ccc(-c3cccc4c3C(=O)NC4)cc2)c(O)n1[C@@H](CC)c1cccc(N)c1. The van der Waals surface area contributed by atoms with Crippen molar-refractivity contribution in [2.24, 2.45) is 0 Å². The molecule has 0 saturated carbocycles. The van der Waals surface area contributed by atoms with E-state index in [0.717, 1.165) is 11.1 Å². The molecule has 10 heteroatoms. The number of nitrogens with one attached hydrogen (secondary N) is 1. The van der Waals surface area contributed by atoms with Crippen LogP contribution in [0.1, 0.15) is 53.6 Å². The van der Waals surface area contributed by atoms with Gasteiger partial charge >= 0.3 is 0 Å². The molecule has 3 aromatic carbocycles. The second-order valence-corrected chi connectivity index (χ2v) is 11.7. The lowest BCUT2D eigenvalue weighted by Crippen LogP contribution is -2.27. The third-order valence-corrected chi connectivity index (χ3v) is 9.01. The molecule has 210 valence electrons. The van der Waals surface area contributed by atoms with Gasteiger partial charge in [-0.05, 0) is 59.9 Å². The van der Waals surface area contributed by atoms with E-state index in [9.17, 15) is 23.1 Å². The third kappa shape index (κ3) is 5.02. The summed E-state index contributed by atoms with van der Waals surface area (Å²) in [7, 11) is -4.48. The molecular formula is C31H30N4O5S. The van der Waals surface area contributed by atoms with E-state index < -0.39 is 32.2 Å². The van der Waals surface area contributed by atoms with Crippen molar-refractivity contribution in [1.82, 2.24) is 14.9 Å². The van der Waals surface area contributed by atoms with Gasteiger partial charge in [-0.25, -0.2) is 8.42 Å². The predicted octanol–water partition coefficient (Wildman–Crippen LogP) is 4.39. The number of allylic oxidation sites excluding steroid dienone is 2. The van der Waals surface area contributed by atoms with E-state index in [0.29, 0.717) is 35.3 Å². The monoisotopic (exact) mass is 570 g/mol. The van der Waals surface area contributed by atoms with Gasteiger partial charge in [0.25, 0.3) is 11.5 Å². The normalized spacial score (nSPS) is 13.8. The van der Waals surface area contributed by atoms with E-state index in [4.69, 9.17) is 5.73 Å². The first kappa shape index (κ1) is 27.9. The number of benzene rings is 3. The maximum atomic E-state index is 13.8. The molecule has 41 heavy (non-hydrogen) atoms. The number of sulfone groups is 1. The van der Waals surface area contributed by atoms with Crippen LogP contribution in [-0.4, -0.2) is 29.0 Å². The summed E-state index contributed by atoms with van der Waals surface area (Å²) in [4.78, 5) is 28.7. The van der Waals surface area contributed by atoms with Crippen LogP contribution in [0.15, 0.2) is 93.5 Å². The Hall–Kier alpha value is -4.70. The minimum Gasteiger partial charge on any atom is -0.493 e. The van der Waals surface area contributed by atoms with Crippen molar-refractivity contribution >= 4 is 21.4 Å². The highest BCUT2D eigenvalue weighted by molar-refractivity contribution is 7.91. The summed E-state index contributed by atoms with van der Waals surface area (Å²) in [6.07, 6.45) is 4.24. The highest BCUT2D eigenvalue weighted by Gasteiger charge is 2.32. The maximum absolute atomic E-state index is 13.8. The molecule has 1 amide bonds.